The molecule has 27 heavy (non-hydrogen) atoms. The van der Waals surface area contributed by atoms with Crippen LogP contribution >= 0.6 is 0 Å². The Hall–Kier alpha value is -1.11. The lowest BCUT2D eigenvalue weighted by Crippen LogP contribution is -2.60. The number of halogens is 3. The highest BCUT2D eigenvalue weighted by Crippen LogP contribution is 2.35. The van der Waals surface area contributed by atoms with E-state index in [1.807, 2.05) is 6.07 Å². The molecule has 1 aromatic rings. The van der Waals surface area contributed by atoms with Crippen molar-refractivity contribution < 1.29 is 13.2 Å². The van der Waals surface area contributed by atoms with Crippen molar-refractivity contribution in [1.29, 1.82) is 0 Å². The fraction of sp³-hybridized carbons (Fsp3) is 0.714. The van der Waals surface area contributed by atoms with E-state index >= 15 is 0 Å². The predicted octanol–water partition coefficient (Wildman–Crippen LogP) is 3.74. The number of aryl methyl sites for hydroxylation is 1. The third-order valence-corrected chi connectivity index (χ3v) is 6.54. The Morgan fingerprint density at radius 3 is 2.59 bits per heavy atom. The van der Waals surface area contributed by atoms with Gasteiger partial charge in [-0.1, -0.05) is 18.2 Å². The molecule has 3 nitrogen and oxygen atoms in total. The molecule has 0 amide bonds. The second-order valence-electron chi connectivity index (χ2n) is 8.58. The summed E-state index contributed by atoms with van der Waals surface area (Å²) in [7, 11) is 6.55. The summed E-state index contributed by atoms with van der Waals surface area (Å²) in [5, 5.41) is 0. The van der Waals surface area contributed by atoms with Gasteiger partial charge in [-0.25, -0.2) is 0 Å². The van der Waals surface area contributed by atoms with Crippen LogP contribution in [-0.4, -0.2) is 73.6 Å². The van der Waals surface area contributed by atoms with Gasteiger partial charge in [-0.05, 0) is 78.0 Å². The summed E-state index contributed by atoms with van der Waals surface area (Å²) in [5.74, 6) is 0. The van der Waals surface area contributed by atoms with Gasteiger partial charge in [0.25, 0.3) is 0 Å². The van der Waals surface area contributed by atoms with Gasteiger partial charge in [-0.2, -0.15) is 13.2 Å². The first-order valence-electron chi connectivity index (χ1n) is 9.96. The highest BCUT2D eigenvalue weighted by atomic mass is 19.4. The largest absolute Gasteiger partial charge is 0.416 e. The molecule has 0 aromatic heterocycles. The maximum absolute atomic E-state index is 13.0. The number of likely N-dealkylation sites (N-methyl/N-ethyl adjacent to an activating group) is 3. The van der Waals surface area contributed by atoms with Gasteiger partial charge in [0.15, 0.2) is 0 Å². The Labute approximate surface area is 161 Å². The monoisotopic (exact) mass is 383 g/mol. The number of benzene rings is 1. The van der Waals surface area contributed by atoms with E-state index in [1.54, 1.807) is 0 Å². The number of nitrogens with zero attached hydrogens (tertiary/aromatic N) is 3. The van der Waals surface area contributed by atoms with Crippen LogP contribution in [0.15, 0.2) is 24.3 Å². The van der Waals surface area contributed by atoms with Crippen LogP contribution < -0.4 is 0 Å². The Kier molecular flexibility index (Phi) is 6.18. The van der Waals surface area contributed by atoms with Gasteiger partial charge >= 0.3 is 6.18 Å². The van der Waals surface area contributed by atoms with E-state index in [0.29, 0.717) is 12.5 Å². The summed E-state index contributed by atoms with van der Waals surface area (Å²) in [6.07, 6.45) is 0.741. The smallest absolute Gasteiger partial charge is 0.305 e. The van der Waals surface area contributed by atoms with Gasteiger partial charge < -0.3 is 9.80 Å². The zero-order chi connectivity index (χ0) is 19.7. The molecule has 3 rings (SSSR count). The summed E-state index contributed by atoms with van der Waals surface area (Å²) in [5.41, 5.74) is 0.284. The minimum Gasteiger partial charge on any atom is -0.305 e. The van der Waals surface area contributed by atoms with Crippen LogP contribution in [0.2, 0.25) is 0 Å². The van der Waals surface area contributed by atoms with Crippen LogP contribution in [0.4, 0.5) is 13.2 Å². The minimum absolute atomic E-state index is 0.0388. The van der Waals surface area contributed by atoms with Crippen molar-refractivity contribution in [3.63, 3.8) is 0 Å². The standard InChI is InChI=1S/C21H32F3N3/c1-25-13-9-19(15-25)27(3)20(10-5-12-26(2)16-20)11-8-17-6-4-7-18(14-17)21(22,23)24/h4,6-7,14,19H,5,8-13,15-16H2,1-3H3/t19-,20-/m1/s1. The fourth-order valence-electron chi connectivity index (χ4n) is 4.90. The molecule has 2 aliphatic heterocycles. The van der Waals surface area contributed by atoms with Crippen molar-refractivity contribution in [2.75, 3.05) is 47.3 Å². The molecule has 0 saturated carbocycles. The van der Waals surface area contributed by atoms with Gasteiger partial charge in [0, 0.05) is 24.7 Å². The number of alkyl halides is 3. The molecule has 1 aromatic carbocycles. The molecule has 2 fully saturated rings. The van der Waals surface area contributed by atoms with E-state index < -0.39 is 11.7 Å². The molecule has 0 N–H and O–H groups in total. The van der Waals surface area contributed by atoms with Crippen molar-refractivity contribution in [3.05, 3.63) is 35.4 Å². The summed E-state index contributed by atoms with van der Waals surface area (Å²) >= 11 is 0. The summed E-state index contributed by atoms with van der Waals surface area (Å²) < 4.78 is 39.1. The first kappa shape index (κ1) is 20.6. The molecule has 2 heterocycles. The van der Waals surface area contributed by atoms with Crippen LogP contribution in [0.5, 0.6) is 0 Å². The number of hydrogen-bond donors (Lipinski definition) is 0. The highest BCUT2D eigenvalue weighted by molar-refractivity contribution is 5.26. The zero-order valence-electron chi connectivity index (χ0n) is 16.7. The van der Waals surface area contributed by atoms with Crippen LogP contribution in [0.25, 0.3) is 0 Å². The van der Waals surface area contributed by atoms with E-state index in [9.17, 15) is 13.2 Å². The first-order valence-corrected chi connectivity index (χ1v) is 9.96. The molecule has 6 heteroatoms. The molecule has 0 unspecified atom stereocenters. The van der Waals surface area contributed by atoms with E-state index in [0.717, 1.165) is 57.1 Å². The van der Waals surface area contributed by atoms with Crippen molar-refractivity contribution in [1.82, 2.24) is 14.7 Å². The number of piperidine rings is 1. The third kappa shape index (κ3) is 4.84. The zero-order valence-corrected chi connectivity index (χ0v) is 16.7. The van der Waals surface area contributed by atoms with Crippen LogP contribution in [0.3, 0.4) is 0 Å². The van der Waals surface area contributed by atoms with Gasteiger partial charge in [0.1, 0.15) is 0 Å². The predicted molar refractivity (Wildman–Crippen MR) is 103 cm³/mol. The van der Waals surface area contributed by atoms with Crippen LogP contribution in [-0.2, 0) is 12.6 Å². The molecule has 2 saturated heterocycles. The van der Waals surface area contributed by atoms with Gasteiger partial charge in [0.2, 0.25) is 0 Å². The Morgan fingerprint density at radius 1 is 1.19 bits per heavy atom. The van der Waals surface area contributed by atoms with Crippen molar-refractivity contribution in [2.45, 2.75) is 49.9 Å². The number of hydrogen-bond acceptors (Lipinski definition) is 3. The molecule has 2 aliphatic rings. The maximum Gasteiger partial charge on any atom is 0.416 e. The SMILES string of the molecule is CN1CC[C@@H](N(C)[C@@]2(CCc3cccc(C(F)(F)F)c3)CCCN(C)C2)C1. The topological polar surface area (TPSA) is 9.72 Å². The van der Waals surface area contributed by atoms with E-state index in [4.69, 9.17) is 0 Å². The maximum atomic E-state index is 13.0. The van der Waals surface area contributed by atoms with Gasteiger partial charge in [0.05, 0.1) is 5.56 Å². The number of likely N-dealkylation sites (tertiary alicyclic amines) is 2. The third-order valence-electron chi connectivity index (χ3n) is 6.54. The molecule has 0 radical (unpaired) electrons. The summed E-state index contributed by atoms with van der Waals surface area (Å²) in [6.45, 7) is 4.28. The normalized spacial score (nSPS) is 28.2. The van der Waals surface area contributed by atoms with Crippen molar-refractivity contribution in [2.24, 2.45) is 0 Å². The lowest BCUT2D eigenvalue weighted by Gasteiger charge is -2.50. The van der Waals surface area contributed by atoms with E-state index in [2.05, 4.69) is 35.8 Å². The van der Waals surface area contributed by atoms with Crippen molar-refractivity contribution >= 4 is 0 Å². The molecular formula is C21H32F3N3. The average molecular weight is 384 g/mol. The first-order chi connectivity index (χ1) is 12.7. The Balaban J connectivity index is 1.76. The molecular weight excluding hydrogens is 351 g/mol. The average Bonchev–Trinajstić information content (AvgIpc) is 3.05. The lowest BCUT2D eigenvalue weighted by atomic mass is 9.81. The number of rotatable bonds is 5. The van der Waals surface area contributed by atoms with Crippen LogP contribution in [0.1, 0.15) is 36.8 Å². The van der Waals surface area contributed by atoms with E-state index in [-0.39, 0.29) is 5.54 Å². The summed E-state index contributed by atoms with van der Waals surface area (Å²) in [6, 6.07) is 6.38. The van der Waals surface area contributed by atoms with Gasteiger partial charge in [-0.15, -0.1) is 0 Å². The fourth-order valence-corrected chi connectivity index (χ4v) is 4.90. The van der Waals surface area contributed by atoms with Crippen molar-refractivity contribution in [3.8, 4) is 0 Å². The lowest BCUT2D eigenvalue weighted by molar-refractivity contribution is -0.137. The second kappa shape index (κ2) is 8.10. The van der Waals surface area contributed by atoms with Crippen LogP contribution in [0, 0.1) is 0 Å². The Bertz CT molecular complexity index is 633. The second-order valence-corrected chi connectivity index (χ2v) is 8.58. The molecule has 152 valence electrons. The molecule has 0 spiro atoms. The molecule has 0 bridgehead atoms. The van der Waals surface area contributed by atoms with E-state index in [1.165, 1.54) is 18.6 Å². The molecule has 0 aliphatic carbocycles. The Morgan fingerprint density at radius 2 is 1.96 bits per heavy atom. The quantitative estimate of drug-likeness (QED) is 0.767. The summed E-state index contributed by atoms with van der Waals surface area (Å²) in [4.78, 5) is 7.30. The van der Waals surface area contributed by atoms with Gasteiger partial charge in [-0.3, -0.25) is 4.90 Å². The highest BCUT2D eigenvalue weighted by Gasteiger charge is 2.42. The molecule has 2 atom stereocenters. The minimum atomic E-state index is -4.27.